The largest absolute Gasteiger partial charge is 0.493 e. The van der Waals surface area contributed by atoms with E-state index in [9.17, 15) is 5.11 Å². The molecule has 1 saturated carbocycles. The van der Waals surface area contributed by atoms with Gasteiger partial charge in [-0.1, -0.05) is 26.7 Å². The second kappa shape index (κ2) is 9.17. The van der Waals surface area contributed by atoms with Gasteiger partial charge in [-0.2, -0.15) is 0 Å². The van der Waals surface area contributed by atoms with Crippen LogP contribution in [0.5, 0.6) is 11.5 Å². The summed E-state index contributed by atoms with van der Waals surface area (Å²) < 4.78 is 26.8. The number of benzene rings is 2. The summed E-state index contributed by atoms with van der Waals surface area (Å²) >= 11 is 0. The number of halogens is 1. The first-order valence-corrected chi connectivity index (χ1v) is 10.8. The molecule has 3 nitrogen and oxygen atoms in total. The first-order chi connectivity index (χ1) is 13.9. The number of aryl methyl sites for hydroxylation is 2. The summed E-state index contributed by atoms with van der Waals surface area (Å²) in [7, 11) is 0. The van der Waals surface area contributed by atoms with Gasteiger partial charge in [0, 0.05) is 11.6 Å². The third-order valence-electron chi connectivity index (χ3n) is 5.61. The third kappa shape index (κ3) is 4.92. The molecule has 29 heavy (non-hydrogen) atoms. The predicted octanol–water partition coefficient (Wildman–Crippen LogP) is 6.45. The van der Waals surface area contributed by atoms with Crippen LogP contribution in [0, 0.1) is 19.7 Å². The van der Waals surface area contributed by atoms with Crippen LogP contribution in [0.2, 0.25) is 0 Å². The van der Waals surface area contributed by atoms with E-state index in [1.165, 1.54) is 6.07 Å². The fourth-order valence-corrected chi connectivity index (χ4v) is 3.52. The summed E-state index contributed by atoms with van der Waals surface area (Å²) in [6.45, 7) is 9.36. The highest BCUT2D eigenvalue weighted by atomic mass is 19.1. The van der Waals surface area contributed by atoms with Crippen molar-refractivity contribution in [1.29, 1.82) is 0 Å². The molecule has 1 fully saturated rings. The highest BCUT2D eigenvalue weighted by molar-refractivity contribution is 5.73. The van der Waals surface area contributed by atoms with Crippen LogP contribution < -0.4 is 9.47 Å². The second-order valence-corrected chi connectivity index (χ2v) is 8.20. The van der Waals surface area contributed by atoms with Gasteiger partial charge in [-0.3, -0.25) is 0 Å². The Kier molecular flexibility index (Phi) is 6.84. The summed E-state index contributed by atoms with van der Waals surface area (Å²) in [6, 6.07) is 7.16. The number of rotatable bonds is 10. The van der Waals surface area contributed by atoms with E-state index in [1.54, 1.807) is 0 Å². The van der Waals surface area contributed by atoms with E-state index in [2.05, 4.69) is 13.8 Å². The highest BCUT2D eigenvalue weighted by Crippen LogP contribution is 2.50. The van der Waals surface area contributed by atoms with Crippen molar-refractivity contribution in [2.24, 2.45) is 0 Å². The first-order valence-electron chi connectivity index (χ1n) is 10.8. The third-order valence-corrected chi connectivity index (χ3v) is 5.61. The lowest BCUT2D eigenvalue weighted by molar-refractivity contribution is 0.151. The molecule has 0 amide bonds. The van der Waals surface area contributed by atoms with Crippen LogP contribution in [0.4, 0.5) is 4.39 Å². The van der Waals surface area contributed by atoms with Crippen LogP contribution in [-0.2, 0) is 5.60 Å². The van der Waals surface area contributed by atoms with E-state index in [4.69, 9.17) is 9.47 Å². The van der Waals surface area contributed by atoms with Gasteiger partial charge in [0.25, 0.3) is 0 Å². The molecule has 158 valence electrons. The number of unbranched alkanes of at least 4 members (excludes halogenated alkanes) is 2. The molecule has 0 atom stereocenters. The van der Waals surface area contributed by atoms with E-state index in [0.29, 0.717) is 37.4 Å². The molecule has 3 rings (SSSR count). The first kappa shape index (κ1) is 21.6. The SMILES string of the molecule is CCCCOc1cc(F)c(-c2cc(C)c(OCCCC)cc2C2(O)CC2)cc1C. The Morgan fingerprint density at radius 3 is 1.90 bits per heavy atom. The molecule has 2 aromatic rings. The Labute approximate surface area is 173 Å². The zero-order valence-corrected chi connectivity index (χ0v) is 18.1. The number of aliphatic hydroxyl groups is 1. The Morgan fingerprint density at radius 2 is 1.38 bits per heavy atom. The molecule has 0 spiro atoms. The summed E-state index contributed by atoms with van der Waals surface area (Å²) in [5.41, 5.74) is 2.96. The monoisotopic (exact) mass is 400 g/mol. The molecule has 0 unspecified atom stereocenters. The minimum Gasteiger partial charge on any atom is -0.493 e. The van der Waals surface area contributed by atoms with Crippen molar-refractivity contribution in [1.82, 2.24) is 0 Å². The predicted molar refractivity (Wildman–Crippen MR) is 115 cm³/mol. The van der Waals surface area contributed by atoms with Gasteiger partial charge < -0.3 is 14.6 Å². The number of hydrogen-bond acceptors (Lipinski definition) is 3. The lowest BCUT2D eigenvalue weighted by atomic mass is 9.91. The van der Waals surface area contributed by atoms with Gasteiger partial charge in [-0.15, -0.1) is 0 Å². The molecule has 0 heterocycles. The van der Waals surface area contributed by atoms with Gasteiger partial charge in [-0.05, 0) is 80.0 Å². The number of hydrogen-bond donors (Lipinski definition) is 1. The van der Waals surface area contributed by atoms with Gasteiger partial charge in [0.15, 0.2) is 0 Å². The quantitative estimate of drug-likeness (QED) is 0.466. The van der Waals surface area contributed by atoms with Gasteiger partial charge in [0.1, 0.15) is 17.3 Å². The highest BCUT2D eigenvalue weighted by Gasteiger charge is 2.44. The Morgan fingerprint density at radius 1 is 0.862 bits per heavy atom. The molecule has 0 radical (unpaired) electrons. The van der Waals surface area contributed by atoms with Crippen LogP contribution in [0.1, 0.15) is 69.1 Å². The zero-order valence-electron chi connectivity index (χ0n) is 18.1. The molecule has 4 heteroatoms. The van der Waals surface area contributed by atoms with Crippen LogP contribution >= 0.6 is 0 Å². The topological polar surface area (TPSA) is 38.7 Å². The second-order valence-electron chi connectivity index (χ2n) is 8.20. The average molecular weight is 401 g/mol. The maximum Gasteiger partial charge on any atom is 0.134 e. The summed E-state index contributed by atoms with van der Waals surface area (Å²) in [6.07, 6.45) is 5.40. The van der Waals surface area contributed by atoms with E-state index in [1.807, 2.05) is 32.0 Å². The van der Waals surface area contributed by atoms with E-state index < -0.39 is 5.60 Å². The zero-order chi connectivity index (χ0) is 21.0. The van der Waals surface area contributed by atoms with Crippen molar-refractivity contribution in [3.05, 3.63) is 46.8 Å². The van der Waals surface area contributed by atoms with Crippen molar-refractivity contribution in [3.8, 4) is 22.6 Å². The summed E-state index contributed by atoms with van der Waals surface area (Å²) in [4.78, 5) is 0. The average Bonchev–Trinajstić information content (AvgIpc) is 3.44. The van der Waals surface area contributed by atoms with Crippen molar-refractivity contribution in [3.63, 3.8) is 0 Å². The van der Waals surface area contributed by atoms with Crippen LogP contribution in [0.15, 0.2) is 24.3 Å². The summed E-state index contributed by atoms with van der Waals surface area (Å²) in [5.74, 6) is 1.03. The van der Waals surface area contributed by atoms with Gasteiger partial charge >= 0.3 is 0 Å². The van der Waals surface area contributed by atoms with Crippen LogP contribution in [0.3, 0.4) is 0 Å². The van der Waals surface area contributed by atoms with Gasteiger partial charge in [0.05, 0.1) is 18.8 Å². The maximum absolute atomic E-state index is 15.1. The van der Waals surface area contributed by atoms with E-state index in [-0.39, 0.29) is 5.82 Å². The van der Waals surface area contributed by atoms with Crippen LogP contribution in [-0.4, -0.2) is 18.3 Å². The fraction of sp³-hybridized carbons (Fsp3) is 0.520. The summed E-state index contributed by atoms with van der Waals surface area (Å²) in [5, 5.41) is 10.9. The van der Waals surface area contributed by atoms with Crippen molar-refractivity contribution in [2.45, 2.75) is 71.8 Å². The lowest BCUT2D eigenvalue weighted by Gasteiger charge is -2.20. The molecule has 0 aromatic heterocycles. The lowest BCUT2D eigenvalue weighted by Crippen LogP contribution is -2.09. The Bertz CT molecular complexity index is 856. The molecule has 0 bridgehead atoms. The van der Waals surface area contributed by atoms with E-state index in [0.717, 1.165) is 53.7 Å². The standard InChI is InChI=1S/C25H33FO3/c1-5-7-11-28-23-15-21(25(27)9-10-25)19(13-17(23)3)20-14-18(4)24(16-22(20)26)29-12-8-6-2/h13-16,27H,5-12H2,1-4H3. The van der Waals surface area contributed by atoms with Crippen molar-refractivity contribution in [2.75, 3.05) is 13.2 Å². The molecular formula is C25H33FO3. The van der Waals surface area contributed by atoms with Gasteiger partial charge in [0.2, 0.25) is 0 Å². The molecule has 1 aliphatic rings. The van der Waals surface area contributed by atoms with E-state index >= 15 is 4.39 Å². The Balaban J connectivity index is 1.99. The molecular weight excluding hydrogens is 367 g/mol. The Hall–Kier alpha value is -2.07. The van der Waals surface area contributed by atoms with Crippen molar-refractivity contribution < 1.29 is 19.0 Å². The van der Waals surface area contributed by atoms with Gasteiger partial charge in [-0.25, -0.2) is 4.39 Å². The molecule has 1 aliphatic carbocycles. The number of ether oxygens (including phenoxy) is 2. The fourth-order valence-electron chi connectivity index (χ4n) is 3.52. The minimum atomic E-state index is -0.886. The maximum atomic E-state index is 15.1. The van der Waals surface area contributed by atoms with Crippen LogP contribution in [0.25, 0.3) is 11.1 Å². The normalized spacial score (nSPS) is 14.7. The molecule has 2 aromatic carbocycles. The minimum absolute atomic E-state index is 0.327. The molecule has 1 N–H and O–H groups in total. The van der Waals surface area contributed by atoms with Crippen molar-refractivity contribution >= 4 is 0 Å². The molecule has 0 aliphatic heterocycles. The molecule has 0 saturated heterocycles. The smallest absolute Gasteiger partial charge is 0.134 e.